The lowest BCUT2D eigenvalue weighted by Gasteiger charge is -2.53. The molecule has 1 aromatic heterocycles. The van der Waals surface area contributed by atoms with Crippen molar-refractivity contribution in [2.24, 2.45) is 5.41 Å². The fourth-order valence-electron chi connectivity index (χ4n) is 5.17. The molecular formula is C24H28F4N4O2. The summed E-state index contributed by atoms with van der Waals surface area (Å²) in [6, 6.07) is 3.71. The normalized spacial score (nSPS) is 21.7. The zero-order valence-electron chi connectivity index (χ0n) is 19.0. The lowest BCUT2D eigenvalue weighted by Crippen LogP contribution is -2.47. The molecule has 4 aliphatic rings. The van der Waals surface area contributed by atoms with Gasteiger partial charge in [-0.3, -0.25) is 4.79 Å². The van der Waals surface area contributed by atoms with E-state index in [1.807, 2.05) is 6.33 Å². The van der Waals surface area contributed by atoms with E-state index in [0.717, 1.165) is 17.3 Å². The van der Waals surface area contributed by atoms with Crippen LogP contribution in [0.3, 0.4) is 0 Å². The first-order valence-corrected chi connectivity index (χ1v) is 11.8. The number of carbonyl (C=O) groups excluding carboxylic acids is 1. The molecule has 1 aromatic carbocycles. The Kier molecular flexibility index (Phi) is 5.80. The van der Waals surface area contributed by atoms with E-state index >= 15 is 0 Å². The summed E-state index contributed by atoms with van der Waals surface area (Å²) >= 11 is 0. The lowest BCUT2D eigenvalue weighted by molar-refractivity contribution is -0.274. The van der Waals surface area contributed by atoms with Crippen molar-refractivity contribution in [1.29, 1.82) is 0 Å². The number of aromatic nitrogens is 3. The molecular weight excluding hydrogens is 452 g/mol. The Balaban J connectivity index is 0.000000144. The number of nitrogens with zero attached hydrogens (tertiary/aromatic N) is 4. The molecule has 1 saturated heterocycles. The van der Waals surface area contributed by atoms with Gasteiger partial charge in [0.05, 0.1) is 6.04 Å². The molecule has 1 spiro atoms. The fraction of sp³-hybridized carbons (Fsp3) is 0.625. The number of rotatable bonds is 4. The summed E-state index contributed by atoms with van der Waals surface area (Å²) in [6.45, 7) is 2.17. The van der Waals surface area contributed by atoms with Crippen molar-refractivity contribution in [3.8, 4) is 5.75 Å². The Hall–Kier alpha value is -2.65. The molecule has 3 aliphatic carbocycles. The Morgan fingerprint density at radius 3 is 2.38 bits per heavy atom. The van der Waals surface area contributed by atoms with Crippen LogP contribution in [0.15, 0.2) is 24.5 Å². The van der Waals surface area contributed by atoms with E-state index in [0.29, 0.717) is 36.7 Å². The van der Waals surface area contributed by atoms with Gasteiger partial charge in [-0.15, -0.1) is 13.2 Å². The lowest BCUT2D eigenvalue weighted by atomic mass is 9.54. The maximum Gasteiger partial charge on any atom is 0.573 e. The van der Waals surface area contributed by atoms with Crippen molar-refractivity contribution in [3.63, 3.8) is 0 Å². The van der Waals surface area contributed by atoms with Gasteiger partial charge in [0.15, 0.2) is 5.82 Å². The second-order valence-electron chi connectivity index (χ2n) is 10.1. The summed E-state index contributed by atoms with van der Waals surface area (Å²) in [7, 11) is 0. The number of alkyl halides is 3. The molecule has 6 rings (SSSR count). The third kappa shape index (κ3) is 4.90. The number of ether oxygens (including phenoxy) is 1. The van der Waals surface area contributed by atoms with Crippen LogP contribution in [0.4, 0.5) is 17.6 Å². The van der Waals surface area contributed by atoms with Crippen molar-refractivity contribution >= 4 is 5.91 Å². The van der Waals surface area contributed by atoms with Gasteiger partial charge in [0, 0.05) is 37.9 Å². The molecule has 6 nitrogen and oxygen atoms in total. The minimum Gasteiger partial charge on any atom is -0.406 e. The van der Waals surface area contributed by atoms with Crippen LogP contribution < -0.4 is 4.74 Å². The molecule has 3 saturated carbocycles. The molecule has 0 radical (unpaired) electrons. The van der Waals surface area contributed by atoms with E-state index in [9.17, 15) is 22.4 Å². The van der Waals surface area contributed by atoms with E-state index in [2.05, 4.69) is 19.5 Å². The summed E-state index contributed by atoms with van der Waals surface area (Å²) in [5.74, 6) is 0.178. The highest BCUT2D eigenvalue weighted by atomic mass is 19.4. The van der Waals surface area contributed by atoms with Crippen LogP contribution in [0.1, 0.15) is 81.1 Å². The van der Waals surface area contributed by atoms with Crippen LogP contribution in [0.25, 0.3) is 0 Å². The number of hydrogen-bond donors (Lipinski definition) is 0. The number of likely N-dealkylation sites (tertiary alicyclic amines) is 1. The SMILES string of the molecule is CC(=O)N1CC(c2ccc(OC(F)(F)F)cc2F)C1.c1nc(C2CC2)nn1C1CC2(CCC2)C1. The first kappa shape index (κ1) is 23.1. The summed E-state index contributed by atoms with van der Waals surface area (Å²) in [5.41, 5.74) is 1.04. The van der Waals surface area contributed by atoms with Crippen molar-refractivity contribution in [2.75, 3.05) is 13.1 Å². The summed E-state index contributed by atoms with van der Waals surface area (Å²) in [6.07, 6.45) is 6.84. The molecule has 2 aromatic rings. The average molecular weight is 481 g/mol. The minimum absolute atomic E-state index is 0.103. The van der Waals surface area contributed by atoms with Crippen LogP contribution >= 0.6 is 0 Å². The van der Waals surface area contributed by atoms with E-state index in [-0.39, 0.29) is 11.8 Å². The van der Waals surface area contributed by atoms with E-state index < -0.39 is 17.9 Å². The van der Waals surface area contributed by atoms with Crippen LogP contribution in [-0.4, -0.2) is 45.0 Å². The van der Waals surface area contributed by atoms with Crippen molar-refractivity contribution < 1.29 is 27.1 Å². The third-order valence-corrected chi connectivity index (χ3v) is 7.57. The van der Waals surface area contributed by atoms with E-state index in [4.69, 9.17) is 0 Å². The van der Waals surface area contributed by atoms with E-state index in [1.54, 1.807) is 0 Å². The van der Waals surface area contributed by atoms with Crippen molar-refractivity contribution in [2.45, 2.75) is 76.1 Å². The summed E-state index contributed by atoms with van der Waals surface area (Å²) in [5, 5.41) is 4.62. The molecule has 1 aliphatic heterocycles. The monoisotopic (exact) mass is 480 g/mol. The third-order valence-electron chi connectivity index (χ3n) is 7.57. The Morgan fingerprint density at radius 1 is 1.15 bits per heavy atom. The first-order valence-electron chi connectivity index (χ1n) is 11.8. The van der Waals surface area contributed by atoms with Gasteiger partial charge in [0.25, 0.3) is 0 Å². The molecule has 2 heterocycles. The number of amides is 1. The van der Waals surface area contributed by atoms with Gasteiger partial charge in [-0.05, 0) is 55.6 Å². The molecule has 0 atom stereocenters. The minimum atomic E-state index is -4.84. The van der Waals surface area contributed by atoms with Crippen LogP contribution in [-0.2, 0) is 4.79 Å². The Morgan fingerprint density at radius 2 is 1.85 bits per heavy atom. The van der Waals surface area contributed by atoms with Crippen LogP contribution in [0.2, 0.25) is 0 Å². The molecule has 184 valence electrons. The van der Waals surface area contributed by atoms with Gasteiger partial charge in [-0.1, -0.05) is 12.5 Å². The number of benzene rings is 1. The second kappa shape index (κ2) is 8.53. The van der Waals surface area contributed by atoms with E-state index in [1.165, 1.54) is 62.8 Å². The molecule has 34 heavy (non-hydrogen) atoms. The first-order chi connectivity index (χ1) is 16.1. The molecule has 0 N–H and O–H groups in total. The Labute approximate surface area is 195 Å². The van der Waals surface area contributed by atoms with Gasteiger partial charge < -0.3 is 9.64 Å². The zero-order valence-corrected chi connectivity index (χ0v) is 19.0. The predicted octanol–water partition coefficient (Wildman–Crippen LogP) is 5.33. The van der Waals surface area contributed by atoms with Crippen molar-refractivity contribution in [3.05, 3.63) is 41.7 Å². The van der Waals surface area contributed by atoms with Gasteiger partial charge in [-0.25, -0.2) is 14.1 Å². The molecule has 0 unspecified atom stereocenters. The van der Waals surface area contributed by atoms with Crippen LogP contribution in [0.5, 0.6) is 5.75 Å². The van der Waals surface area contributed by atoms with Gasteiger partial charge in [-0.2, -0.15) is 5.10 Å². The molecule has 1 amide bonds. The highest BCUT2D eigenvalue weighted by Gasteiger charge is 2.49. The average Bonchev–Trinajstić information content (AvgIpc) is 3.37. The topological polar surface area (TPSA) is 60.3 Å². The Bertz CT molecular complexity index is 1050. The number of hydrogen-bond acceptors (Lipinski definition) is 4. The fourth-order valence-corrected chi connectivity index (χ4v) is 5.17. The smallest absolute Gasteiger partial charge is 0.406 e. The van der Waals surface area contributed by atoms with Gasteiger partial charge in [0.1, 0.15) is 17.9 Å². The maximum absolute atomic E-state index is 13.7. The molecule has 4 fully saturated rings. The zero-order chi connectivity index (χ0) is 24.1. The summed E-state index contributed by atoms with van der Waals surface area (Å²) in [4.78, 5) is 16.9. The van der Waals surface area contributed by atoms with Gasteiger partial charge >= 0.3 is 6.36 Å². The predicted molar refractivity (Wildman–Crippen MR) is 115 cm³/mol. The highest BCUT2D eigenvalue weighted by molar-refractivity contribution is 5.74. The second-order valence-corrected chi connectivity index (χ2v) is 10.1. The van der Waals surface area contributed by atoms with Gasteiger partial charge in [0.2, 0.25) is 5.91 Å². The highest BCUT2D eigenvalue weighted by Crippen LogP contribution is 2.60. The largest absolute Gasteiger partial charge is 0.573 e. The molecule has 10 heteroatoms. The quantitative estimate of drug-likeness (QED) is 0.555. The number of halogens is 4. The van der Waals surface area contributed by atoms with Crippen molar-refractivity contribution in [1.82, 2.24) is 19.7 Å². The summed E-state index contributed by atoms with van der Waals surface area (Å²) < 4.78 is 55.3. The maximum atomic E-state index is 13.7. The van der Waals surface area contributed by atoms with Crippen LogP contribution in [0, 0.1) is 11.2 Å². The molecule has 0 bridgehead atoms. The number of carbonyl (C=O) groups is 1. The standard InChI is InChI=1S/C12H11F4NO2.C12H17N3/c1-7(18)17-5-8(6-17)10-3-2-9(4-11(10)13)19-12(14,15)16;1-4-12(5-1)6-10(7-12)15-8-13-11(14-15)9-2-3-9/h2-4,8H,5-6H2,1H3;8-10H,1-7H2.